The minimum atomic E-state index is -4.21. The SMILES string of the molecule is CCOc1ccc(S(=O)(=O)N(CC(=O)N(Cc2ccc(Cl)cc2)[C@@H](Cc2ccccc2)C(=O)NC2CCCCC2)c2ccccc2)cc1. The van der Waals surface area contributed by atoms with Gasteiger partial charge in [0.1, 0.15) is 18.3 Å². The van der Waals surface area contributed by atoms with Crippen molar-refractivity contribution >= 4 is 39.1 Å². The molecule has 1 aliphatic rings. The zero-order valence-electron chi connectivity index (χ0n) is 27.1. The van der Waals surface area contributed by atoms with Gasteiger partial charge in [-0.05, 0) is 79.4 Å². The highest BCUT2D eigenvalue weighted by molar-refractivity contribution is 7.92. The maximum atomic E-state index is 14.6. The average molecular weight is 688 g/mol. The van der Waals surface area contributed by atoms with E-state index in [0.717, 1.165) is 47.5 Å². The van der Waals surface area contributed by atoms with Crippen LogP contribution in [0.2, 0.25) is 5.02 Å². The summed E-state index contributed by atoms with van der Waals surface area (Å²) in [6.07, 6.45) is 5.25. The van der Waals surface area contributed by atoms with Crippen LogP contribution < -0.4 is 14.4 Å². The van der Waals surface area contributed by atoms with Gasteiger partial charge in [0.25, 0.3) is 10.0 Å². The number of para-hydroxylation sites is 1. The monoisotopic (exact) mass is 687 g/mol. The van der Waals surface area contributed by atoms with Crippen molar-refractivity contribution in [2.45, 2.75) is 69.0 Å². The Kier molecular flexibility index (Phi) is 12.1. The van der Waals surface area contributed by atoms with Gasteiger partial charge in [0.05, 0.1) is 17.2 Å². The average Bonchev–Trinajstić information content (AvgIpc) is 3.11. The third kappa shape index (κ3) is 9.17. The van der Waals surface area contributed by atoms with Crippen LogP contribution >= 0.6 is 11.6 Å². The molecular formula is C38H42ClN3O5S. The molecule has 4 aromatic rings. The second kappa shape index (κ2) is 16.7. The van der Waals surface area contributed by atoms with Crippen molar-refractivity contribution in [3.63, 3.8) is 0 Å². The molecule has 2 amide bonds. The first-order valence-corrected chi connectivity index (χ1v) is 18.2. The van der Waals surface area contributed by atoms with Crippen LogP contribution in [0.4, 0.5) is 5.69 Å². The molecule has 48 heavy (non-hydrogen) atoms. The maximum Gasteiger partial charge on any atom is 0.264 e. The first-order valence-electron chi connectivity index (χ1n) is 16.4. The van der Waals surface area contributed by atoms with Crippen molar-refractivity contribution in [2.24, 2.45) is 0 Å². The predicted octanol–water partition coefficient (Wildman–Crippen LogP) is 7.02. The Hall–Kier alpha value is -4.34. The molecular weight excluding hydrogens is 646 g/mol. The number of hydrogen-bond acceptors (Lipinski definition) is 5. The fourth-order valence-corrected chi connectivity index (χ4v) is 7.55. The lowest BCUT2D eigenvalue weighted by molar-refractivity contribution is -0.140. The number of amides is 2. The molecule has 0 radical (unpaired) electrons. The van der Waals surface area contributed by atoms with Gasteiger partial charge in [0, 0.05) is 24.0 Å². The van der Waals surface area contributed by atoms with E-state index in [1.165, 1.54) is 17.0 Å². The van der Waals surface area contributed by atoms with Crippen molar-refractivity contribution in [3.8, 4) is 5.75 Å². The molecule has 1 N–H and O–H groups in total. The number of anilines is 1. The van der Waals surface area contributed by atoms with Crippen LogP contribution in [0.25, 0.3) is 0 Å². The Bertz CT molecular complexity index is 1730. The molecule has 8 nitrogen and oxygen atoms in total. The van der Waals surface area contributed by atoms with Gasteiger partial charge in [-0.3, -0.25) is 13.9 Å². The Morgan fingerprint density at radius 1 is 0.833 bits per heavy atom. The quantitative estimate of drug-likeness (QED) is 0.154. The van der Waals surface area contributed by atoms with E-state index in [1.54, 1.807) is 54.6 Å². The number of benzene rings is 4. The molecule has 1 saturated carbocycles. The van der Waals surface area contributed by atoms with E-state index in [0.29, 0.717) is 23.1 Å². The Morgan fingerprint density at radius 2 is 1.46 bits per heavy atom. The zero-order valence-corrected chi connectivity index (χ0v) is 28.7. The zero-order chi connectivity index (χ0) is 33.9. The van der Waals surface area contributed by atoms with E-state index in [1.807, 2.05) is 49.4 Å². The standard InChI is InChI=1S/C38H42ClN3O5S/c1-2-47-34-22-24-35(25-23-34)48(45,46)42(33-16-10-5-11-17-33)28-37(43)41(27-30-18-20-31(39)21-19-30)36(26-29-12-6-3-7-13-29)38(44)40-32-14-8-4-9-15-32/h3,5-7,10-13,16-25,32,36H,2,4,8-9,14-15,26-28H2,1H3,(H,40,44)/t36-/m0/s1. The lowest BCUT2D eigenvalue weighted by Gasteiger charge is -2.35. The van der Waals surface area contributed by atoms with E-state index in [-0.39, 0.29) is 29.8 Å². The first-order chi connectivity index (χ1) is 23.2. The molecule has 0 spiro atoms. The summed E-state index contributed by atoms with van der Waals surface area (Å²) in [6, 6.07) is 30.5. The molecule has 4 aromatic carbocycles. The predicted molar refractivity (Wildman–Crippen MR) is 190 cm³/mol. The molecule has 1 aliphatic carbocycles. The molecule has 0 heterocycles. The van der Waals surface area contributed by atoms with Crippen LogP contribution in [-0.4, -0.2) is 50.4 Å². The normalized spacial score (nSPS) is 14.1. The second-order valence-electron chi connectivity index (χ2n) is 11.9. The van der Waals surface area contributed by atoms with Crippen LogP contribution in [0.15, 0.2) is 114 Å². The summed E-state index contributed by atoms with van der Waals surface area (Å²) >= 11 is 6.19. The Morgan fingerprint density at radius 3 is 2.08 bits per heavy atom. The molecule has 1 atom stereocenters. The minimum Gasteiger partial charge on any atom is -0.494 e. The van der Waals surface area contributed by atoms with Gasteiger partial charge in [0.15, 0.2) is 0 Å². The first kappa shape index (κ1) is 35.0. The highest BCUT2D eigenvalue weighted by Gasteiger charge is 2.35. The number of rotatable bonds is 14. The summed E-state index contributed by atoms with van der Waals surface area (Å²) in [7, 11) is -4.21. The van der Waals surface area contributed by atoms with Crippen LogP contribution in [0.5, 0.6) is 5.75 Å². The number of sulfonamides is 1. The number of nitrogens with zero attached hydrogens (tertiary/aromatic N) is 2. The Balaban J connectivity index is 1.53. The number of ether oxygens (including phenoxy) is 1. The summed E-state index contributed by atoms with van der Waals surface area (Å²) in [4.78, 5) is 30.4. The molecule has 5 rings (SSSR count). The van der Waals surface area contributed by atoms with Crippen LogP contribution in [0.1, 0.15) is 50.2 Å². The molecule has 0 unspecified atom stereocenters. The largest absolute Gasteiger partial charge is 0.494 e. The number of carbonyl (C=O) groups is 2. The summed E-state index contributed by atoms with van der Waals surface area (Å²) in [5.74, 6) is -0.225. The number of nitrogens with one attached hydrogen (secondary N) is 1. The lowest BCUT2D eigenvalue weighted by atomic mass is 9.94. The fraction of sp³-hybridized carbons (Fsp3) is 0.316. The van der Waals surface area contributed by atoms with Gasteiger partial charge in [-0.15, -0.1) is 0 Å². The van der Waals surface area contributed by atoms with E-state index in [4.69, 9.17) is 16.3 Å². The molecule has 0 aromatic heterocycles. The maximum absolute atomic E-state index is 14.6. The second-order valence-corrected chi connectivity index (χ2v) is 14.2. The van der Waals surface area contributed by atoms with Gasteiger partial charge < -0.3 is 15.0 Å². The number of hydrogen-bond donors (Lipinski definition) is 1. The Labute approximate surface area is 288 Å². The molecule has 1 fully saturated rings. The summed E-state index contributed by atoms with van der Waals surface area (Å²) in [5.41, 5.74) is 1.98. The molecule has 0 bridgehead atoms. The van der Waals surface area contributed by atoms with Crippen molar-refractivity contribution in [1.82, 2.24) is 10.2 Å². The van der Waals surface area contributed by atoms with E-state index in [2.05, 4.69) is 5.32 Å². The fourth-order valence-electron chi connectivity index (χ4n) is 6.01. The minimum absolute atomic E-state index is 0.0164. The summed E-state index contributed by atoms with van der Waals surface area (Å²) in [5, 5.41) is 3.77. The van der Waals surface area contributed by atoms with Crippen molar-refractivity contribution < 1.29 is 22.7 Å². The van der Waals surface area contributed by atoms with Crippen molar-refractivity contribution in [3.05, 3.63) is 125 Å². The van der Waals surface area contributed by atoms with Crippen molar-refractivity contribution in [2.75, 3.05) is 17.5 Å². The van der Waals surface area contributed by atoms with Gasteiger partial charge in [-0.2, -0.15) is 0 Å². The third-order valence-electron chi connectivity index (χ3n) is 8.53. The molecule has 10 heteroatoms. The molecule has 252 valence electrons. The smallest absolute Gasteiger partial charge is 0.264 e. The van der Waals surface area contributed by atoms with Crippen LogP contribution in [0, 0.1) is 0 Å². The van der Waals surface area contributed by atoms with Gasteiger partial charge >= 0.3 is 0 Å². The highest BCUT2D eigenvalue weighted by Crippen LogP contribution is 2.27. The molecule has 0 aliphatic heterocycles. The number of halogens is 1. The highest BCUT2D eigenvalue weighted by atomic mass is 35.5. The van der Waals surface area contributed by atoms with E-state index in [9.17, 15) is 18.0 Å². The number of carbonyl (C=O) groups excluding carboxylic acids is 2. The van der Waals surface area contributed by atoms with E-state index >= 15 is 0 Å². The van der Waals surface area contributed by atoms with E-state index < -0.39 is 28.5 Å². The lowest BCUT2D eigenvalue weighted by Crippen LogP contribution is -2.55. The molecule has 0 saturated heterocycles. The van der Waals surface area contributed by atoms with Gasteiger partial charge in [-0.25, -0.2) is 8.42 Å². The summed E-state index contributed by atoms with van der Waals surface area (Å²) < 4.78 is 35.1. The summed E-state index contributed by atoms with van der Waals surface area (Å²) in [6.45, 7) is 1.86. The van der Waals surface area contributed by atoms with Gasteiger partial charge in [0.2, 0.25) is 11.8 Å². The third-order valence-corrected chi connectivity index (χ3v) is 10.6. The van der Waals surface area contributed by atoms with Crippen LogP contribution in [0.3, 0.4) is 0 Å². The topological polar surface area (TPSA) is 96.0 Å². The van der Waals surface area contributed by atoms with Crippen molar-refractivity contribution in [1.29, 1.82) is 0 Å². The van der Waals surface area contributed by atoms with Gasteiger partial charge in [-0.1, -0.05) is 91.5 Å². The van der Waals surface area contributed by atoms with Crippen LogP contribution in [-0.2, 0) is 32.6 Å².